The SMILES string of the molecule is CCCCOc1ccc(C(=O)N(Cc2ccccn2)c2nc3c(C(C)C)cccc3s2)cc1. The van der Waals surface area contributed by atoms with Gasteiger partial charge in [-0.15, -0.1) is 0 Å². The number of hydrogen-bond acceptors (Lipinski definition) is 5. The summed E-state index contributed by atoms with van der Waals surface area (Å²) < 4.78 is 6.83. The van der Waals surface area contributed by atoms with Gasteiger partial charge in [-0.2, -0.15) is 0 Å². The van der Waals surface area contributed by atoms with Gasteiger partial charge in [-0.1, -0.05) is 56.7 Å². The smallest absolute Gasteiger partial charge is 0.260 e. The van der Waals surface area contributed by atoms with Crippen molar-refractivity contribution in [2.45, 2.75) is 46.1 Å². The van der Waals surface area contributed by atoms with Crippen LogP contribution in [0.1, 0.15) is 61.1 Å². The summed E-state index contributed by atoms with van der Waals surface area (Å²) in [7, 11) is 0. The van der Waals surface area contributed by atoms with E-state index in [0.29, 0.717) is 29.8 Å². The molecule has 1 amide bonds. The van der Waals surface area contributed by atoms with Gasteiger partial charge in [0.2, 0.25) is 0 Å². The molecule has 2 aromatic heterocycles. The average molecular weight is 460 g/mol. The predicted molar refractivity (Wildman–Crippen MR) is 135 cm³/mol. The number of anilines is 1. The molecule has 6 heteroatoms. The van der Waals surface area contributed by atoms with Crippen LogP contribution in [-0.4, -0.2) is 22.5 Å². The van der Waals surface area contributed by atoms with E-state index in [2.05, 4.69) is 44.0 Å². The lowest BCUT2D eigenvalue weighted by molar-refractivity contribution is 0.0985. The second kappa shape index (κ2) is 10.6. The number of pyridine rings is 1. The van der Waals surface area contributed by atoms with E-state index in [9.17, 15) is 4.79 Å². The molecule has 0 radical (unpaired) electrons. The lowest BCUT2D eigenvalue weighted by Gasteiger charge is -2.20. The normalized spacial score (nSPS) is 11.2. The van der Waals surface area contributed by atoms with Gasteiger partial charge < -0.3 is 4.74 Å². The summed E-state index contributed by atoms with van der Waals surface area (Å²) in [4.78, 5) is 24.7. The standard InChI is InChI=1S/C27H29N3O2S/c1-4-5-17-32-22-14-12-20(13-15-22)26(31)30(18-21-9-6-7-16-28-21)27-29-25-23(19(2)3)10-8-11-24(25)33-27/h6-16,19H,4-5,17-18H2,1-3H3. The largest absolute Gasteiger partial charge is 0.494 e. The van der Waals surface area contributed by atoms with Gasteiger partial charge in [0.05, 0.1) is 29.1 Å². The van der Waals surface area contributed by atoms with Gasteiger partial charge in [0.1, 0.15) is 5.75 Å². The van der Waals surface area contributed by atoms with E-state index >= 15 is 0 Å². The van der Waals surface area contributed by atoms with Gasteiger partial charge in [0.15, 0.2) is 5.13 Å². The summed E-state index contributed by atoms with van der Waals surface area (Å²) in [6.07, 6.45) is 3.84. The lowest BCUT2D eigenvalue weighted by Crippen LogP contribution is -2.30. The number of benzene rings is 2. The van der Waals surface area contributed by atoms with Crippen molar-refractivity contribution in [2.75, 3.05) is 11.5 Å². The first kappa shape index (κ1) is 22.9. The number of para-hydroxylation sites is 1. The number of ether oxygens (including phenoxy) is 1. The fourth-order valence-electron chi connectivity index (χ4n) is 3.60. The summed E-state index contributed by atoms with van der Waals surface area (Å²) in [6, 6.07) is 19.3. The molecule has 2 aromatic carbocycles. The molecule has 0 aliphatic rings. The fraction of sp³-hybridized carbons (Fsp3) is 0.296. The maximum atomic E-state index is 13.6. The van der Waals surface area contributed by atoms with Gasteiger partial charge in [0, 0.05) is 11.8 Å². The van der Waals surface area contributed by atoms with Gasteiger partial charge >= 0.3 is 0 Å². The number of carbonyl (C=O) groups excluding carboxylic acids is 1. The number of hydrogen-bond donors (Lipinski definition) is 0. The zero-order chi connectivity index (χ0) is 23.2. The molecular formula is C27H29N3O2S. The Hall–Kier alpha value is -3.25. The van der Waals surface area contributed by atoms with Crippen molar-refractivity contribution in [1.82, 2.24) is 9.97 Å². The molecule has 0 spiro atoms. The molecule has 0 N–H and O–H groups in total. The summed E-state index contributed by atoms with van der Waals surface area (Å²) in [6.45, 7) is 7.49. The van der Waals surface area contributed by atoms with Crippen LogP contribution in [0.3, 0.4) is 0 Å². The monoisotopic (exact) mass is 459 g/mol. The van der Waals surface area contributed by atoms with Crippen molar-refractivity contribution >= 4 is 32.6 Å². The van der Waals surface area contributed by atoms with Crippen LogP contribution >= 0.6 is 11.3 Å². The molecule has 0 atom stereocenters. The quantitative estimate of drug-likeness (QED) is 0.257. The number of amides is 1. The second-order valence-electron chi connectivity index (χ2n) is 8.28. The Labute approximate surface area is 199 Å². The first-order valence-electron chi connectivity index (χ1n) is 11.4. The first-order valence-corrected chi connectivity index (χ1v) is 12.2. The van der Waals surface area contributed by atoms with Crippen LogP contribution in [0.4, 0.5) is 5.13 Å². The van der Waals surface area contributed by atoms with E-state index in [-0.39, 0.29) is 5.91 Å². The Balaban J connectivity index is 1.67. The maximum Gasteiger partial charge on any atom is 0.260 e. The molecule has 33 heavy (non-hydrogen) atoms. The van der Waals surface area contributed by atoms with E-state index in [0.717, 1.165) is 34.5 Å². The topological polar surface area (TPSA) is 55.3 Å². The number of aromatic nitrogens is 2. The van der Waals surface area contributed by atoms with Gasteiger partial charge in [-0.05, 0) is 60.4 Å². The van der Waals surface area contributed by atoms with Crippen LogP contribution in [0.2, 0.25) is 0 Å². The fourth-order valence-corrected chi connectivity index (χ4v) is 4.60. The van der Waals surface area contributed by atoms with E-state index in [1.807, 2.05) is 42.5 Å². The zero-order valence-electron chi connectivity index (χ0n) is 19.3. The van der Waals surface area contributed by atoms with Crippen molar-refractivity contribution in [3.8, 4) is 5.75 Å². The highest BCUT2D eigenvalue weighted by atomic mass is 32.1. The minimum Gasteiger partial charge on any atom is -0.494 e. The molecule has 4 aromatic rings. The molecular weight excluding hydrogens is 430 g/mol. The molecule has 0 bridgehead atoms. The van der Waals surface area contributed by atoms with Gasteiger partial charge in [-0.3, -0.25) is 14.7 Å². The summed E-state index contributed by atoms with van der Waals surface area (Å²) in [5.74, 6) is 1.02. The number of nitrogens with zero attached hydrogens (tertiary/aromatic N) is 3. The molecule has 0 saturated carbocycles. The second-order valence-corrected chi connectivity index (χ2v) is 9.29. The number of fused-ring (bicyclic) bond motifs is 1. The first-order chi connectivity index (χ1) is 16.1. The number of thiazole rings is 1. The van der Waals surface area contributed by atoms with Gasteiger partial charge in [-0.25, -0.2) is 4.98 Å². The van der Waals surface area contributed by atoms with Crippen LogP contribution in [0.5, 0.6) is 5.75 Å². The Kier molecular flexibility index (Phi) is 7.35. The average Bonchev–Trinajstić information content (AvgIpc) is 3.27. The Morgan fingerprint density at radius 3 is 2.58 bits per heavy atom. The molecule has 0 unspecified atom stereocenters. The van der Waals surface area contributed by atoms with E-state index in [4.69, 9.17) is 9.72 Å². The van der Waals surface area contributed by atoms with Crippen molar-refractivity contribution in [2.24, 2.45) is 0 Å². The van der Waals surface area contributed by atoms with Crippen LogP contribution < -0.4 is 9.64 Å². The molecule has 170 valence electrons. The molecule has 5 nitrogen and oxygen atoms in total. The molecule has 0 fully saturated rings. The molecule has 0 aliphatic heterocycles. The molecule has 0 saturated heterocycles. The number of carbonyl (C=O) groups is 1. The van der Waals surface area contributed by atoms with E-state index in [1.54, 1.807) is 11.1 Å². The zero-order valence-corrected chi connectivity index (χ0v) is 20.1. The lowest BCUT2D eigenvalue weighted by atomic mass is 10.0. The van der Waals surface area contributed by atoms with Crippen molar-refractivity contribution < 1.29 is 9.53 Å². The van der Waals surface area contributed by atoms with E-state index in [1.165, 1.54) is 16.9 Å². The highest BCUT2D eigenvalue weighted by Crippen LogP contribution is 2.34. The Morgan fingerprint density at radius 1 is 1.06 bits per heavy atom. The maximum absolute atomic E-state index is 13.6. The predicted octanol–water partition coefficient (Wildman–Crippen LogP) is 6.84. The van der Waals surface area contributed by atoms with Crippen molar-refractivity contribution in [1.29, 1.82) is 0 Å². The Bertz CT molecular complexity index is 1200. The minimum absolute atomic E-state index is 0.106. The van der Waals surface area contributed by atoms with Crippen LogP contribution in [0, 0.1) is 0 Å². The third-order valence-electron chi connectivity index (χ3n) is 5.45. The third kappa shape index (κ3) is 5.40. The summed E-state index contributed by atoms with van der Waals surface area (Å²) in [5, 5.41) is 0.678. The minimum atomic E-state index is -0.106. The van der Waals surface area contributed by atoms with Crippen molar-refractivity contribution in [3.63, 3.8) is 0 Å². The van der Waals surface area contributed by atoms with Crippen LogP contribution in [0.15, 0.2) is 66.9 Å². The summed E-state index contributed by atoms with van der Waals surface area (Å²) >= 11 is 1.54. The van der Waals surface area contributed by atoms with Crippen molar-refractivity contribution in [3.05, 3.63) is 83.7 Å². The molecule has 0 aliphatic carbocycles. The van der Waals surface area contributed by atoms with E-state index < -0.39 is 0 Å². The van der Waals surface area contributed by atoms with Crippen LogP contribution in [0.25, 0.3) is 10.2 Å². The van der Waals surface area contributed by atoms with Gasteiger partial charge in [0.25, 0.3) is 5.91 Å². The summed E-state index contributed by atoms with van der Waals surface area (Å²) in [5.41, 5.74) is 3.56. The highest BCUT2D eigenvalue weighted by Gasteiger charge is 2.23. The number of rotatable bonds is 9. The third-order valence-corrected chi connectivity index (χ3v) is 6.49. The molecule has 2 heterocycles. The molecule has 4 rings (SSSR count). The highest BCUT2D eigenvalue weighted by molar-refractivity contribution is 7.22. The number of unbranched alkanes of at least 4 members (excludes halogenated alkanes) is 1. The van der Waals surface area contributed by atoms with Crippen LogP contribution in [-0.2, 0) is 6.54 Å². The Morgan fingerprint density at radius 2 is 1.88 bits per heavy atom.